The minimum Gasteiger partial charge on any atom is -0.351 e. The fourth-order valence-corrected chi connectivity index (χ4v) is 4.71. The maximum Gasteiger partial charge on any atom is 0.247 e. The Labute approximate surface area is 201 Å². The lowest BCUT2D eigenvalue weighted by Crippen LogP contribution is -2.48. The van der Waals surface area contributed by atoms with Crippen molar-refractivity contribution in [3.05, 3.63) is 70.2 Å². The Balaban J connectivity index is 1.86. The second-order valence-corrected chi connectivity index (χ2v) is 9.52. The molecule has 3 rings (SSSR count). The first-order valence-corrected chi connectivity index (χ1v) is 12.3. The molecule has 0 saturated heterocycles. The van der Waals surface area contributed by atoms with E-state index in [1.165, 1.54) is 0 Å². The topological polar surface area (TPSA) is 49.4 Å². The van der Waals surface area contributed by atoms with Crippen LogP contribution in [-0.2, 0) is 16.0 Å². The summed E-state index contributed by atoms with van der Waals surface area (Å²) in [6.07, 6.45) is 4.69. The number of benzene rings is 2. The summed E-state index contributed by atoms with van der Waals surface area (Å²) >= 11 is 12.3. The molecule has 2 aromatic carbocycles. The maximum absolute atomic E-state index is 13.5. The standard InChI is InChI=1S/C26H32Cl2N2O2/c1-18-7-11-21(12-8-18)25(26(32)29-22-13-9-19(2)10-14-22)30(24(31)17-27)16-15-20-5-3-4-6-23(20)28/h3-8,11-12,19,22,25H,9-10,13-17H2,1-2H3,(H,29,32). The number of alkyl halides is 1. The molecule has 32 heavy (non-hydrogen) atoms. The van der Waals surface area contributed by atoms with Crippen LogP contribution in [0.15, 0.2) is 48.5 Å². The molecule has 0 spiro atoms. The van der Waals surface area contributed by atoms with E-state index in [9.17, 15) is 9.59 Å². The third kappa shape index (κ3) is 6.49. The van der Waals surface area contributed by atoms with Crippen molar-refractivity contribution < 1.29 is 9.59 Å². The van der Waals surface area contributed by atoms with E-state index in [1.807, 2.05) is 55.5 Å². The maximum atomic E-state index is 13.5. The first-order chi connectivity index (χ1) is 15.4. The molecule has 2 amide bonds. The van der Waals surface area contributed by atoms with Gasteiger partial charge in [-0.1, -0.05) is 66.6 Å². The predicted molar refractivity (Wildman–Crippen MR) is 131 cm³/mol. The average Bonchev–Trinajstić information content (AvgIpc) is 2.79. The summed E-state index contributed by atoms with van der Waals surface area (Å²) in [6, 6.07) is 14.8. The molecule has 1 unspecified atom stereocenters. The minimum atomic E-state index is -0.733. The highest BCUT2D eigenvalue weighted by molar-refractivity contribution is 6.31. The van der Waals surface area contributed by atoms with Gasteiger partial charge in [0, 0.05) is 17.6 Å². The van der Waals surface area contributed by atoms with Gasteiger partial charge in [0.05, 0.1) is 0 Å². The number of hydrogen-bond acceptors (Lipinski definition) is 2. The molecule has 1 aliphatic carbocycles. The molecule has 0 radical (unpaired) electrons. The van der Waals surface area contributed by atoms with Gasteiger partial charge in [-0.2, -0.15) is 0 Å². The van der Waals surface area contributed by atoms with E-state index in [-0.39, 0.29) is 23.7 Å². The van der Waals surface area contributed by atoms with Gasteiger partial charge < -0.3 is 10.2 Å². The normalized spacial score (nSPS) is 19.2. The fourth-order valence-electron chi connectivity index (χ4n) is 4.32. The van der Waals surface area contributed by atoms with E-state index in [0.29, 0.717) is 23.9 Å². The van der Waals surface area contributed by atoms with Crippen LogP contribution in [0.1, 0.15) is 55.3 Å². The highest BCUT2D eigenvalue weighted by Gasteiger charge is 2.32. The average molecular weight is 475 g/mol. The van der Waals surface area contributed by atoms with Crippen LogP contribution in [0.5, 0.6) is 0 Å². The Kier molecular flexibility index (Phi) is 9.01. The number of hydrogen-bond donors (Lipinski definition) is 1. The summed E-state index contributed by atoms with van der Waals surface area (Å²) in [6.45, 7) is 4.60. The van der Waals surface area contributed by atoms with Gasteiger partial charge in [0.2, 0.25) is 11.8 Å². The molecule has 2 aromatic rings. The summed E-state index contributed by atoms with van der Waals surface area (Å²) < 4.78 is 0. The Morgan fingerprint density at radius 3 is 2.34 bits per heavy atom. The number of nitrogens with zero attached hydrogens (tertiary/aromatic N) is 1. The van der Waals surface area contributed by atoms with Crippen LogP contribution in [-0.4, -0.2) is 35.2 Å². The second kappa shape index (κ2) is 11.7. The number of halogens is 2. The smallest absolute Gasteiger partial charge is 0.247 e. The quantitative estimate of drug-likeness (QED) is 0.499. The largest absolute Gasteiger partial charge is 0.351 e. The monoisotopic (exact) mass is 474 g/mol. The van der Waals surface area contributed by atoms with E-state index >= 15 is 0 Å². The summed E-state index contributed by atoms with van der Waals surface area (Å²) in [5.41, 5.74) is 2.82. The SMILES string of the molecule is Cc1ccc(C(C(=O)NC2CCC(C)CC2)N(CCc2ccccc2Cl)C(=O)CCl)cc1. The van der Waals surface area contributed by atoms with E-state index < -0.39 is 6.04 Å². The molecular weight excluding hydrogens is 443 g/mol. The van der Waals surface area contributed by atoms with Crippen molar-refractivity contribution >= 4 is 35.0 Å². The van der Waals surface area contributed by atoms with Crippen molar-refractivity contribution in [2.45, 2.75) is 58.0 Å². The number of nitrogens with one attached hydrogen (secondary N) is 1. The van der Waals surface area contributed by atoms with Crippen LogP contribution in [0.25, 0.3) is 0 Å². The van der Waals surface area contributed by atoms with Gasteiger partial charge in [-0.3, -0.25) is 9.59 Å². The zero-order chi connectivity index (χ0) is 23.1. The van der Waals surface area contributed by atoms with Gasteiger partial charge in [-0.15, -0.1) is 11.6 Å². The first kappa shape index (κ1) is 24.6. The summed E-state index contributed by atoms with van der Waals surface area (Å²) in [5, 5.41) is 3.87. The lowest BCUT2D eigenvalue weighted by Gasteiger charge is -2.34. The van der Waals surface area contributed by atoms with Crippen LogP contribution in [0, 0.1) is 12.8 Å². The van der Waals surface area contributed by atoms with E-state index in [4.69, 9.17) is 23.2 Å². The molecule has 1 atom stereocenters. The Bertz CT molecular complexity index is 908. The van der Waals surface area contributed by atoms with Gasteiger partial charge in [-0.05, 0) is 62.1 Å². The molecule has 0 aliphatic heterocycles. The van der Waals surface area contributed by atoms with Crippen LogP contribution in [0.4, 0.5) is 0 Å². The first-order valence-electron chi connectivity index (χ1n) is 11.3. The number of amides is 2. The van der Waals surface area contributed by atoms with Gasteiger partial charge in [0.1, 0.15) is 11.9 Å². The Morgan fingerprint density at radius 2 is 1.72 bits per heavy atom. The highest BCUT2D eigenvalue weighted by atomic mass is 35.5. The number of carbonyl (C=O) groups excluding carboxylic acids is 2. The van der Waals surface area contributed by atoms with Crippen molar-refractivity contribution in [1.82, 2.24) is 10.2 Å². The van der Waals surface area contributed by atoms with Gasteiger partial charge in [0.25, 0.3) is 0 Å². The van der Waals surface area contributed by atoms with Crippen LogP contribution < -0.4 is 5.32 Å². The molecule has 1 aliphatic rings. The van der Waals surface area contributed by atoms with Crippen molar-refractivity contribution in [2.75, 3.05) is 12.4 Å². The van der Waals surface area contributed by atoms with Gasteiger partial charge >= 0.3 is 0 Å². The number of rotatable bonds is 8. The Morgan fingerprint density at radius 1 is 1.06 bits per heavy atom. The molecule has 0 aromatic heterocycles. The molecule has 4 nitrogen and oxygen atoms in total. The molecule has 6 heteroatoms. The molecule has 1 N–H and O–H groups in total. The van der Waals surface area contributed by atoms with Crippen LogP contribution in [0.2, 0.25) is 5.02 Å². The minimum absolute atomic E-state index is 0.142. The zero-order valence-electron chi connectivity index (χ0n) is 18.8. The van der Waals surface area contributed by atoms with Crippen LogP contribution in [0.3, 0.4) is 0 Å². The van der Waals surface area contributed by atoms with E-state index in [0.717, 1.165) is 42.4 Å². The number of carbonyl (C=O) groups is 2. The van der Waals surface area contributed by atoms with Crippen molar-refractivity contribution in [3.63, 3.8) is 0 Å². The summed E-state index contributed by atoms with van der Waals surface area (Å²) in [7, 11) is 0. The lowest BCUT2D eigenvalue weighted by molar-refractivity contribution is -0.139. The van der Waals surface area contributed by atoms with Crippen molar-refractivity contribution in [3.8, 4) is 0 Å². The van der Waals surface area contributed by atoms with Crippen LogP contribution >= 0.6 is 23.2 Å². The molecule has 0 heterocycles. The zero-order valence-corrected chi connectivity index (χ0v) is 20.3. The highest BCUT2D eigenvalue weighted by Crippen LogP contribution is 2.27. The molecule has 1 saturated carbocycles. The predicted octanol–water partition coefficient (Wildman–Crippen LogP) is 5.69. The molecule has 0 bridgehead atoms. The summed E-state index contributed by atoms with van der Waals surface area (Å²) in [4.78, 5) is 28.1. The third-order valence-electron chi connectivity index (χ3n) is 6.33. The van der Waals surface area contributed by atoms with E-state index in [2.05, 4.69) is 12.2 Å². The number of aryl methyl sites for hydroxylation is 1. The van der Waals surface area contributed by atoms with E-state index in [1.54, 1.807) is 4.90 Å². The molecule has 1 fully saturated rings. The third-order valence-corrected chi connectivity index (χ3v) is 6.93. The molecular formula is C26H32Cl2N2O2. The Hall–Kier alpha value is -2.04. The lowest BCUT2D eigenvalue weighted by atomic mass is 9.87. The van der Waals surface area contributed by atoms with Gasteiger partial charge in [0.15, 0.2) is 0 Å². The second-order valence-electron chi connectivity index (χ2n) is 8.84. The summed E-state index contributed by atoms with van der Waals surface area (Å²) in [5.74, 6) is 0.0998. The fraction of sp³-hybridized carbons (Fsp3) is 0.462. The van der Waals surface area contributed by atoms with Crippen molar-refractivity contribution in [2.24, 2.45) is 5.92 Å². The van der Waals surface area contributed by atoms with Gasteiger partial charge in [-0.25, -0.2) is 0 Å². The molecule has 172 valence electrons. The van der Waals surface area contributed by atoms with Crippen molar-refractivity contribution in [1.29, 1.82) is 0 Å².